The molecule has 134 valence electrons. The SMILES string of the molecule is CCCCNC(=O)NC(=O)CN1CCC[C@@H]1c1nc2ccccc2s1. The molecule has 0 bridgehead atoms. The zero-order chi connectivity index (χ0) is 17.6. The van der Waals surface area contributed by atoms with E-state index >= 15 is 0 Å². The lowest BCUT2D eigenvalue weighted by Crippen LogP contribution is -2.44. The van der Waals surface area contributed by atoms with Gasteiger partial charge in [-0.3, -0.25) is 15.0 Å². The molecule has 2 heterocycles. The van der Waals surface area contributed by atoms with Crippen molar-refractivity contribution in [2.75, 3.05) is 19.6 Å². The van der Waals surface area contributed by atoms with Crippen LogP contribution in [0.4, 0.5) is 4.79 Å². The number of rotatable bonds is 6. The van der Waals surface area contributed by atoms with E-state index in [0.29, 0.717) is 6.54 Å². The van der Waals surface area contributed by atoms with Crippen LogP contribution in [0.2, 0.25) is 0 Å². The molecule has 3 amide bonds. The van der Waals surface area contributed by atoms with Gasteiger partial charge in [-0.15, -0.1) is 11.3 Å². The molecule has 1 aliphatic rings. The van der Waals surface area contributed by atoms with E-state index in [0.717, 1.165) is 42.8 Å². The first-order valence-electron chi connectivity index (χ1n) is 8.84. The van der Waals surface area contributed by atoms with Crippen LogP contribution in [0.3, 0.4) is 0 Å². The van der Waals surface area contributed by atoms with Crippen molar-refractivity contribution in [3.05, 3.63) is 29.3 Å². The Kier molecular flexibility index (Phi) is 5.99. The van der Waals surface area contributed by atoms with Gasteiger partial charge in [0.15, 0.2) is 0 Å². The average Bonchev–Trinajstić information content (AvgIpc) is 3.20. The predicted octanol–water partition coefficient (Wildman–Crippen LogP) is 3.06. The third-order valence-corrected chi connectivity index (χ3v) is 5.51. The second-order valence-electron chi connectivity index (χ2n) is 6.31. The maximum Gasteiger partial charge on any atom is 0.321 e. The number of benzene rings is 1. The van der Waals surface area contributed by atoms with Crippen molar-refractivity contribution in [2.24, 2.45) is 0 Å². The number of likely N-dealkylation sites (tertiary alicyclic amines) is 1. The van der Waals surface area contributed by atoms with Gasteiger partial charge in [0, 0.05) is 6.54 Å². The number of aromatic nitrogens is 1. The second kappa shape index (κ2) is 8.40. The molecule has 25 heavy (non-hydrogen) atoms. The number of urea groups is 1. The van der Waals surface area contributed by atoms with Gasteiger partial charge >= 0.3 is 6.03 Å². The van der Waals surface area contributed by atoms with E-state index in [-0.39, 0.29) is 18.5 Å². The van der Waals surface area contributed by atoms with Crippen LogP contribution in [0.1, 0.15) is 43.7 Å². The molecule has 0 radical (unpaired) electrons. The highest BCUT2D eigenvalue weighted by atomic mass is 32.1. The van der Waals surface area contributed by atoms with Crippen molar-refractivity contribution < 1.29 is 9.59 Å². The lowest BCUT2D eigenvalue weighted by atomic mass is 10.2. The summed E-state index contributed by atoms with van der Waals surface area (Å²) in [4.78, 5) is 30.7. The first-order valence-corrected chi connectivity index (χ1v) is 9.66. The van der Waals surface area contributed by atoms with Gasteiger partial charge in [-0.05, 0) is 37.9 Å². The number of amides is 3. The summed E-state index contributed by atoms with van der Waals surface area (Å²) in [5, 5.41) is 6.17. The summed E-state index contributed by atoms with van der Waals surface area (Å²) in [5.41, 5.74) is 1.01. The summed E-state index contributed by atoms with van der Waals surface area (Å²) >= 11 is 1.69. The number of unbranched alkanes of at least 4 members (excludes halogenated alkanes) is 1. The zero-order valence-corrected chi connectivity index (χ0v) is 15.3. The van der Waals surface area contributed by atoms with Crippen LogP contribution in [-0.4, -0.2) is 41.5 Å². The van der Waals surface area contributed by atoms with Crippen LogP contribution < -0.4 is 10.6 Å². The van der Waals surface area contributed by atoms with Crippen molar-refractivity contribution in [1.29, 1.82) is 0 Å². The third-order valence-electron chi connectivity index (χ3n) is 4.37. The standard InChI is InChI=1S/C18H24N4O2S/c1-2-3-10-19-18(24)21-16(23)12-22-11-6-8-14(22)17-20-13-7-4-5-9-15(13)25-17/h4-5,7,9,14H,2-3,6,8,10-12H2,1H3,(H2,19,21,23,24)/t14-/m1/s1. The van der Waals surface area contributed by atoms with E-state index < -0.39 is 6.03 Å². The molecule has 2 aromatic rings. The molecule has 0 aliphatic carbocycles. The van der Waals surface area contributed by atoms with Crippen molar-refractivity contribution in [3.63, 3.8) is 0 Å². The first kappa shape index (κ1) is 17.8. The summed E-state index contributed by atoms with van der Waals surface area (Å²) in [6, 6.07) is 7.84. The minimum Gasteiger partial charge on any atom is -0.338 e. The summed E-state index contributed by atoms with van der Waals surface area (Å²) in [6.45, 7) is 3.72. The van der Waals surface area contributed by atoms with Gasteiger partial charge in [0.2, 0.25) is 5.91 Å². The molecule has 1 aromatic carbocycles. The average molecular weight is 360 g/mol. The number of nitrogens with one attached hydrogen (secondary N) is 2. The molecule has 0 saturated carbocycles. The molecule has 0 unspecified atom stereocenters. The smallest absolute Gasteiger partial charge is 0.321 e. The highest BCUT2D eigenvalue weighted by Crippen LogP contribution is 2.36. The molecular weight excluding hydrogens is 336 g/mol. The number of thiazole rings is 1. The van der Waals surface area contributed by atoms with Gasteiger partial charge in [0.1, 0.15) is 5.01 Å². The first-order chi connectivity index (χ1) is 12.2. The highest BCUT2D eigenvalue weighted by molar-refractivity contribution is 7.18. The van der Waals surface area contributed by atoms with Crippen LogP contribution in [0.5, 0.6) is 0 Å². The van der Waals surface area contributed by atoms with Crippen LogP contribution in [0.25, 0.3) is 10.2 Å². The normalized spacial score (nSPS) is 17.7. The van der Waals surface area contributed by atoms with E-state index in [2.05, 4.69) is 28.5 Å². The molecule has 1 atom stereocenters. The summed E-state index contributed by atoms with van der Waals surface area (Å²) in [7, 11) is 0. The Morgan fingerprint density at radius 2 is 2.20 bits per heavy atom. The van der Waals surface area contributed by atoms with Crippen molar-refractivity contribution >= 4 is 33.5 Å². The molecule has 1 fully saturated rings. The second-order valence-corrected chi connectivity index (χ2v) is 7.37. The Morgan fingerprint density at radius 1 is 1.36 bits per heavy atom. The fraction of sp³-hybridized carbons (Fsp3) is 0.500. The van der Waals surface area contributed by atoms with E-state index in [1.54, 1.807) is 11.3 Å². The molecule has 3 rings (SSSR count). The van der Waals surface area contributed by atoms with Crippen molar-refractivity contribution in [2.45, 2.75) is 38.6 Å². The van der Waals surface area contributed by atoms with Gasteiger partial charge in [0.25, 0.3) is 0 Å². The number of imide groups is 1. The maximum atomic E-state index is 12.2. The fourth-order valence-corrected chi connectivity index (χ4v) is 4.24. The van der Waals surface area contributed by atoms with Gasteiger partial charge in [-0.25, -0.2) is 9.78 Å². The number of nitrogens with zero attached hydrogens (tertiary/aromatic N) is 2. The van der Waals surface area contributed by atoms with Crippen molar-refractivity contribution in [3.8, 4) is 0 Å². The molecule has 6 nitrogen and oxygen atoms in total. The summed E-state index contributed by atoms with van der Waals surface area (Å²) < 4.78 is 1.17. The Morgan fingerprint density at radius 3 is 3.00 bits per heavy atom. The highest BCUT2D eigenvalue weighted by Gasteiger charge is 2.30. The molecule has 1 aromatic heterocycles. The van der Waals surface area contributed by atoms with E-state index in [9.17, 15) is 9.59 Å². The summed E-state index contributed by atoms with van der Waals surface area (Å²) in [6.07, 6.45) is 3.95. The van der Waals surface area contributed by atoms with Gasteiger partial charge < -0.3 is 5.32 Å². The van der Waals surface area contributed by atoms with E-state index in [1.165, 1.54) is 4.70 Å². The number of carbonyl (C=O) groups is 2. The Balaban J connectivity index is 1.58. The molecule has 7 heteroatoms. The van der Waals surface area contributed by atoms with Crippen LogP contribution >= 0.6 is 11.3 Å². The monoisotopic (exact) mass is 360 g/mol. The van der Waals surface area contributed by atoms with E-state index in [4.69, 9.17) is 4.98 Å². The Bertz CT molecular complexity index is 713. The van der Waals surface area contributed by atoms with Crippen molar-refractivity contribution in [1.82, 2.24) is 20.5 Å². The zero-order valence-electron chi connectivity index (χ0n) is 14.5. The fourth-order valence-electron chi connectivity index (χ4n) is 3.10. The van der Waals surface area contributed by atoms with Crippen LogP contribution in [0.15, 0.2) is 24.3 Å². The molecule has 1 saturated heterocycles. The number of fused-ring (bicyclic) bond motifs is 1. The quantitative estimate of drug-likeness (QED) is 0.777. The number of hydrogen-bond acceptors (Lipinski definition) is 5. The lowest BCUT2D eigenvalue weighted by molar-refractivity contribution is -0.121. The van der Waals surface area contributed by atoms with Crippen LogP contribution in [0, 0.1) is 0 Å². The number of hydrogen-bond donors (Lipinski definition) is 2. The molecule has 0 spiro atoms. The number of para-hydroxylation sites is 1. The van der Waals surface area contributed by atoms with Gasteiger partial charge in [-0.2, -0.15) is 0 Å². The summed E-state index contributed by atoms with van der Waals surface area (Å²) in [5.74, 6) is -0.262. The third kappa shape index (κ3) is 4.55. The largest absolute Gasteiger partial charge is 0.338 e. The number of carbonyl (C=O) groups excluding carboxylic acids is 2. The predicted molar refractivity (Wildman–Crippen MR) is 99.6 cm³/mol. The van der Waals surface area contributed by atoms with Gasteiger partial charge in [0.05, 0.1) is 22.8 Å². The molecule has 1 aliphatic heterocycles. The molecule has 2 N–H and O–H groups in total. The topological polar surface area (TPSA) is 74.3 Å². The van der Waals surface area contributed by atoms with Crippen LogP contribution in [-0.2, 0) is 4.79 Å². The Hall–Kier alpha value is -1.99. The van der Waals surface area contributed by atoms with E-state index in [1.807, 2.05) is 18.2 Å². The minimum absolute atomic E-state index is 0.159. The maximum absolute atomic E-state index is 12.2. The molecular formula is C18H24N4O2S. The lowest BCUT2D eigenvalue weighted by Gasteiger charge is -2.21. The Labute approximate surface area is 151 Å². The minimum atomic E-state index is -0.408. The van der Waals surface area contributed by atoms with Gasteiger partial charge in [-0.1, -0.05) is 25.5 Å².